The highest BCUT2D eigenvalue weighted by molar-refractivity contribution is 5.74. The molecule has 1 aromatic heterocycles. The Kier molecular flexibility index (Phi) is 1.83. The Morgan fingerprint density at radius 3 is 2.77 bits per heavy atom. The average molecular weight is 179 g/mol. The molecule has 0 spiro atoms. The lowest BCUT2D eigenvalue weighted by molar-refractivity contribution is -0.134. The summed E-state index contributed by atoms with van der Waals surface area (Å²) in [5.41, 5.74) is 1.17. The third-order valence-corrected chi connectivity index (χ3v) is 2.41. The minimum absolute atomic E-state index is 0.153. The van der Waals surface area contributed by atoms with Crippen molar-refractivity contribution in [1.29, 1.82) is 0 Å². The molecule has 0 saturated carbocycles. The van der Waals surface area contributed by atoms with Crippen molar-refractivity contribution < 1.29 is 4.79 Å². The lowest BCUT2D eigenvalue weighted by atomic mass is 10.1. The standard InChI is InChI=1S/C9H13N3O/c1-7-3-10-12(4-7)9-5-11(6-9)8(2)13/h3-4,9H,5-6H2,1-2H3. The van der Waals surface area contributed by atoms with Crippen LogP contribution < -0.4 is 0 Å². The van der Waals surface area contributed by atoms with Crippen molar-refractivity contribution in [1.82, 2.24) is 14.7 Å². The Labute approximate surface area is 77.1 Å². The van der Waals surface area contributed by atoms with Gasteiger partial charge in [0.1, 0.15) is 0 Å². The Bertz CT molecular complexity index is 325. The topological polar surface area (TPSA) is 38.1 Å². The molecule has 0 bridgehead atoms. The normalized spacial score (nSPS) is 17.2. The molecule has 0 aromatic carbocycles. The Hall–Kier alpha value is -1.32. The molecule has 0 atom stereocenters. The minimum Gasteiger partial charge on any atom is -0.339 e. The lowest BCUT2D eigenvalue weighted by Crippen LogP contribution is -2.49. The van der Waals surface area contributed by atoms with E-state index < -0.39 is 0 Å². The largest absolute Gasteiger partial charge is 0.339 e. The number of rotatable bonds is 1. The smallest absolute Gasteiger partial charge is 0.219 e. The van der Waals surface area contributed by atoms with Crippen LogP contribution in [0.15, 0.2) is 12.4 Å². The first-order valence-corrected chi connectivity index (χ1v) is 4.43. The van der Waals surface area contributed by atoms with Crippen molar-refractivity contribution in [2.75, 3.05) is 13.1 Å². The van der Waals surface area contributed by atoms with E-state index in [0.717, 1.165) is 13.1 Å². The number of aryl methyl sites for hydroxylation is 1. The first-order valence-electron chi connectivity index (χ1n) is 4.43. The second-order valence-electron chi connectivity index (χ2n) is 3.58. The highest BCUT2D eigenvalue weighted by atomic mass is 16.2. The predicted molar refractivity (Wildman–Crippen MR) is 48.3 cm³/mol. The van der Waals surface area contributed by atoms with E-state index in [1.54, 1.807) is 6.92 Å². The van der Waals surface area contributed by atoms with Crippen molar-refractivity contribution in [2.45, 2.75) is 19.9 Å². The van der Waals surface area contributed by atoms with Crippen molar-refractivity contribution >= 4 is 5.91 Å². The Balaban J connectivity index is 1.97. The van der Waals surface area contributed by atoms with Gasteiger partial charge in [-0.1, -0.05) is 0 Å². The SMILES string of the molecule is CC(=O)N1CC(n2cc(C)cn2)C1. The minimum atomic E-state index is 0.153. The summed E-state index contributed by atoms with van der Waals surface area (Å²) in [6.07, 6.45) is 3.86. The molecule has 70 valence electrons. The maximum atomic E-state index is 10.9. The van der Waals surface area contributed by atoms with Gasteiger partial charge in [0.15, 0.2) is 0 Å². The summed E-state index contributed by atoms with van der Waals surface area (Å²) < 4.78 is 1.94. The molecule has 2 rings (SSSR count). The van der Waals surface area contributed by atoms with Crippen LogP contribution in [-0.4, -0.2) is 33.7 Å². The molecule has 4 heteroatoms. The summed E-state index contributed by atoms with van der Waals surface area (Å²) in [7, 11) is 0. The molecular formula is C9H13N3O. The van der Waals surface area contributed by atoms with Crippen LogP contribution in [0.4, 0.5) is 0 Å². The fourth-order valence-electron chi connectivity index (χ4n) is 1.51. The molecule has 1 aliphatic rings. The van der Waals surface area contributed by atoms with Crippen LogP contribution in [0.1, 0.15) is 18.5 Å². The second kappa shape index (κ2) is 2.87. The van der Waals surface area contributed by atoms with Gasteiger partial charge in [0.05, 0.1) is 12.2 Å². The van der Waals surface area contributed by atoms with Gasteiger partial charge in [-0.2, -0.15) is 5.10 Å². The fraction of sp³-hybridized carbons (Fsp3) is 0.556. The molecule has 1 aromatic rings. The summed E-state index contributed by atoms with van der Waals surface area (Å²) in [5.74, 6) is 0.153. The van der Waals surface area contributed by atoms with Crippen LogP contribution in [0, 0.1) is 6.92 Å². The van der Waals surface area contributed by atoms with Crippen LogP contribution in [0.3, 0.4) is 0 Å². The molecule has 2 heterocycles. The van der Waals surface area contributed by atoms with Gasteiger partial charge in [0.25, 0.3) is 0 Å². The maximum Gasteiger partial charge on any atom is 0.219 e. The van der Waals surface area contributed by atoms with E-state index in [-0.39, 0.29) is 5.91 Å². The maximum absolute atomic E-state index is 10.9. The second-order valence-corrected chi connectivity index (χ2v) is 3.58. The number of carbonyl (C=O) groups excluding carboxylic acids is 1. The number of hydrogen-bond donors (Lipinski definition) is 0. The summed E-state index contributed by atoms with van der Waals surface area (Å²) in [4.78, 5) is 12.7. The van der Waals surface area contributed by atoms with Gasteiger partial charge in [-0.15, -0.1) is 0 Å². The van der Waals surface area contributed by atoms with Crippen LogP contribution in [0.2, 0.25) is 0 Å². The Morgan fingerprint density at radius 2 is 2.31 bits per heavy atom. The van der Waals surface area contributed by atoms with Crippen molar-refractivity contribution in [3.63, 3.8) is 0 Å². The zero-order chi connectivity index (χ0) is 9.42. The number of hydrogen-bond acceptors (Lipinski definition) is 2. The molecule has 1 fully saturated rings. The highest BCUT2D eigenvalue weighted by Crippen LogP contribution is 2.20. The summed E-state index contributed by atoms with van der Waals surface area (Å²) >= 11 is 0. The molecule has 0 unspecified atom stereocenters. The summed E-state index contributed by atoms with van der Waals surface area (Å²) in [5, 5.41) is 4.21. The summed E-state index contributed by atoms with van der Waals surface area (Å²) in [6, 6.07) is 0.387. The first kappa shape index (κ1) is 8.29. The van der Waals surface area contributed by atoms with E-state index in [1.807, 2.05) is 28.9 Å². The number of amides is 1. The molecule has 4 nitrogen and oxygen atoms in total. The van der Waals surface area contributed by atoms with Gasteiger partial charge in [-0.3, -0.25) is 9.48 Å². The van der Waals surface area contributed by atoms with E-state index in [2.05, 4.69) is 5.10 Å². The third-order valence-electron chi connectivity index (χ3n) is 2.41. The van der Waals surface area contributed by atoms with Crippen LogP contribution in [0.25, 0.3) is 0 Å². The molecule has 0 aliphatic carbocycles. The van der Waals surface area contributed by atoms with Gasteiger partial charge < -0.3 is 4.90 Å². The van der Waals surface area contributed by atoms with Gasteiger partial charge in [0.2, 0.25) is 5.91 Å². The van der Waals surface area contributed by atoms with Gasteiger partial charge in [0, 0.05) is 26.2 Å². The lowest BCUT2D eigenvalue weighted by Gasteiger charge is -2.38. The predicted octanol–water partition coefficient (Wildman–Crippen LogP) is 0.595. The fourth-order valence-corrected chi connectivity index (χ4v) is 1.51. The third kappa shape index (κ3) is 1.43. The van der Waals surface area contributed by atoms with Crippen LogP contribution >= 0.6 is 0 Å². The first-order chi connectivity index (χ1) is 6.16. The van der Waals surface area contributed by atoms with Crippen LogP contribution in [0.5, 0.6) is 0 Å². The molecular weight excluding hydrogens is 166 g/mol. The van der Waals surface area contributed by atoms with E-state index >= 15 is 0 Å². The molecule has 13 heavy (non-hydrogen) atoms. The van der Waals surface area contributed by atoms with E-state index in [4.69, 9.17) is 0 Å². The average Bonchev–Trinajstić information content (AvgIpc) is 2.31. The Morgan fingerprint density at radius 1 is 1.62 bits per heavy atom. The molecule has 1 saturated heterocycles. The number of likely N-dealkylation sites (tertiary alicyclic amines) is 1. The zero-order valence-electron chi connectivity index (χ0n) is 7.90. The molecule has 1 aliphatic heterocycles. The monoisotopic (exact) mass is 179 g/mol. The molecule has 1 amide bonds. The van der Waals surface area contributed by atoms with Gasteiger partial charge >= 0.3 is 0 Å². The molecule has 0 radical (unpaired) electrons. The van der Waals surface area contributed by atoms with E-state index in [9.17, 15) is 4.79 Å². The van der Waals surface area contributed by atoms with E-state index in [1.165, 1.54) is 5.56 Å². The van der Waals surface area contributed by atoms with Crippen molar-refractivity contribution in [2.24, 2.45) is 0 Å². The summed E-state index contributed by atoms with van der Waals surface area (Å²) in [6.45, 7) is 5.22. The molecule has 0 N–H and O–H groups in total. The van der Waals surface area contributed by atoms with E-state index in [0.29, 0.717) is 6.04 Å². The number of aromatic nitrogens is 2. The number of carbonyl (C=O) groups is 1. The highest BCUT2D eigenvalue weighted by Gasteiger charge is 2.30. The zero-order valence-corrected chi connectivity index (χ0v) is 7.90. The van der Waals surface area contributed by atoms with Crippen molar-refractivity contribution in [3.05, 3.63) is 18.0 Å². The number of nitrogens with zero attached hydrogens (tertiary/aromatic N) is 3. The van der Waals surface area contributed by atoms with Crippen molar-refractivity contribution in [3.8, 4) is 0 Å². The van der Waals surface area contributed by atoms with Crippen LogP contribution in [-0.2, 0) is 4.79 Å². The van der Waals surface area contributed by atoms with Gasteiger partial charge in [-0.25, -0.2) is 0 Å². The van der Waals surface area contributed by atoms with Gasteiger partial charge in [-0.05, 0) is 12.5 Å². The quantitative estimate of drug-likeness (QED) is 0.633.